The predicted molar refractivity (Wildman–Crippen MR) is 203 cm³/mol. The Hall–Kier alpha value is -4.02. The predicted octanol–water partition coefficient (Wildman–Crippen LogP) is 7.53. The van der Waals surface area contributed by atoms with E-state index in [0.29, 0.717) is 29.9 Å². The van der Waals surface area contributed by atoms with Gasteiger partial charge >= 0.3 is 29.8 Å². The lowest BCUT2D eigenvalue weighted by Crippen LogP contribution is -2.51. The molecule has 3 saturated carbocycles. The van der Waals surface area contributed by atoms with Crippen molar-refractivity contribution in [2.24, 2.45) is 28.6 Å². The smallest absolute Gasteiger partial charge is 0.311 e. The summed E-state index contributed by atoms with van der Waals surface area (Å²) in [6.07, 6.45) is 8.57. The lowest BCUT2D eigenvalue weighted by Gasteiger charge is -2.57. The van der Waals surface area contributed by atoms with E-state index in [1.807, 2.05) is 39.8 Å². The van der Waals surface area contributed by atoms with Crippen LogP contribution in [0, 0.1) is 42.4 Å². The molecule has 6 atom stereocenters. The van der Waals surface area contributed by atoms with E-state index >= 15 is 0 Å². The van der Waals surface area contributed by atoms with Gasteiger partial charge < -0.3 is 23.7 Å². The van der Waals surface area contributed by atoms with Gasteiger partial charge in [-0.3, -0.25) is 28.8 Å². The Morgan fingerprint density at radius 2 is 1.51 bits per heavy atom. The van der Waals surface area contributed by atoms with Gasteiger partial charge in [0.1, 0.15) is 25.1 Å². The number of esters is 5. The van der Waals surface area contributed by atoms with Gasteiger partial charge in [-0.25, -0.2) is 0 Å². The molecule has 0 aromatic heterocycles. The zero-order chi connectivity index (χ0) is 40.3. The molecule has 0 saturated heterocycles. The maximum atomic E-state index is 13.8. The quantitative estimate of drug-likeness (QED) is 0.105. The molecular formula is C44H60O11. The van der Waals surface area contributed by atoms with Crippen LogP contribution in [0.15, 0.2) is 23.8 Å². The second-order valence-corrected chi connectivity index (χ2v) is 17.6. The van der Waals surface area contributed by atoms with Crippen LogP contribution in [-0.4, -0.2) is 61.1 Å². The molecule has 1 aromatic carbocycles. The molecule has 0 aliphatic heterocycles. The minimum absolute atomic E-state index is 0.0687. The van der Waals surface area contributed by atoms with Gasteiger partial charge in [-0.2, -0.15) is 0 Å². The summed E-state index contributed by atoms with van der Waals surface area (Å²) >= 11 is 0. The minimum Gasteiger partial charge on any atom is -0.462 e. The van der Waals surface area contributed by atoms with Gasteiger partial charge in [-0.1, -0.05) is 39.3 Å². The molecule has 11 heteroatoms. The molecule has 11 nitrogen and oxygen atoms in total. The topological polar surface area (TPSA) is 149 Å². The van der Waals surface area contributed by atoms with Crippen LogP contribution < -0.4 is 4.74 Å². The first-order valence-corrected chi connectivity index (χ1v) is 20.0. The number of carbonyl (C=O) groups excluding carboxylic acids is 6. The maximum Gasteiger partial charge on any atom is 0.311 e. The van der Waals surface area contributed by atoms with Crippen LogP contribution in [-0.2, 0) is 53.1 Å². The largest absolute Gasteiger partial charge is 0.462 e. The second-order valence-electron chi connectivity index (χ2n) is 17.6. The highest BCUT2D eigenvalue weighted by Gasteiger charge is 2.60. The summed E-state index contributed by atoms with van der Waals surface area (Å²) < 4.78 is 27.4. The Balaban J connectivity index is 1.18. The molecule has 0 unspecified atom stereocenters. The van der Waals surface area contributed by atoms with Gasteiger partial charge in [-0.05, 0) is 112 Å². The number of benzene rings is 1. The Kier molecular flexibility index (Phi) is 13.0. The van der Waals surface area contributed by atoms with E-state index in [9.17, 15) is 28.8 Å². The van der Waals surface area contributed by atoms with Crippen molar-refractivity contribution in [2.45, 2.75) is 150 Å². The van der Waals surface area contributed by atoms with Gasteiger partial charge in [0, 0.05) is 49.5 Å². The van der Waals surface area contributed by atoms with Crippen LogP contribution >= 0.6 is 0 Å². The van der Waals surface area contributed by atoms with E-state index in [2.05, 4.69) is 13.8 Å². The highest BCUT2D eigenvalue weighted by Crippen LogP contribution is 2.65. The molecule has 1 aromatic rings. The van der Waals surface area contributed by atoms with Crippen molar-refractivity contribution in [3.05, 3.63) is 40.5 Å². The molecule has 5 rings (SSSR count). The van der Waals surface area contributed by atoms with Gasteiger partial charge in [0.15, 0.2) is 11.9 Å². The normalized spacial score (nSPS) is 27.2. The molecule has 0 amide bonds. The molecule has 0 bridgehead atoms. The number of hydrogen-bond acceptors (Lipinski definition) is 11. The van der Waals surface area contributed by atoms with E-state index < -0.39 is 35.4 Å². The fourth-order valence-electron chi connectivity index (χ4n) is 10.6. The Morgan fingerprint density at radius 1 is 0.836 bits per heavy atom. The zero-order valence-electron chi connectivity index (χ0n) is 34.0. The van der Waals surface area contributed by atoms with Crippen molar-refractivity contribution >= 4 is 35.6 Å². The number of carbonyl (C=O) groups is 6. The average Bonchev–Trinajstić information content (AvgIpc) is 3.40. The molecule has 0 spiro atoms. The molecule has 302 valence electrons. The van der Waals surface area contributed by atoms with Crippen molar-refractivity contribution in [2.75, 3.05) is 13.2 Å². The lowest BCUT2D eigenvalue weighted by atomic mass is 9.47. The first kappa shape index (κ1) is 42.1. The Morgan fingerprint density at radius 3 is 2.18 bits per heavy atom. The summed E-state index contributed by atoms with van der Waals surface area (Å²) in [7, 11) is 0. The second kappa shape index (κ2) is 17.0. The van der Waals surface area contributed by atoms with Crippen molar-refractivity contribution in [3.8, 4) is 5.75 Å². The number of rotatable bonds is 14. The summed E-state index contributed by atoms with van der Waals surface area (Å²) in [6.45, 7) is 14.4. The summed E-state index contributed by atoms with van der Waals surface area (Å²) in [5.41, 5.74) is 3.20. The third-order valence-electron chi connectivity index (χ3n) is 13.1. The molecule has 55 heavy (non-hydrogen) atoms. The van der Waals surface area contributed by atoms with Crippen LogP contribution in [0.5, 0.6) is 5.75 Å². The monoisotopic (exact) mass is 764 g/mol. The molecular weight excluding hydrogens is 704 g/mol. The SMILES string of the molecule is CC(=O)OCC(COC(C)=O)OC(=O)CCCC(=O)Oc1cc(C)cc(C)c1C(C)(C)CC(=O)O[C@H]1CC[C@H]2[C@@H]3CCC4=CC(=O)CC[C@]4(C)[C@H]3CC[C@]12C. The minimum atomic E-state index is -0.969. The van der Waals surface area contributed by atoms with Crippen molar-refractivity contribution in [1.29, 1.82) is 0 Å². The van der Waals surface area contributed by atoms with Crippen molar-refractivity contribution < 1.29 is 52.5 Å². The van der Waals surface area contributed by atoms with E-state index in [1.165, 1.54) is 19.4 Å². The number of ether oxygens (including phenoxy) is 5. The van der Waals surface area contributed by atoms with E-state index in [-0.39, 0.29) is 67.6 Å². The van der Waals surface area contributed by atoms with Gasteiger partial charge in [0.05, 0.1) is 6.42 Å². The van der Waals surface area contributed by atoms with Gasteiger partial charge in [0.2, 0.25) is 0 Å². The summed E-state index contributed by atoms with van der Waals surface area (Å²) in [4.78, 5) is 74.1. The van der Waals surface area contributed by atoms with E-state index in [0.717, 1.165) is 61.6 Å². The Bertz CT molecular complexity index is 1690. The van der Waals surface area contributed by atoms with Crippen molar-refractivity contribution in [3.63, 3.8) is 0 Å². The highest BCUT2D eigenvalue weighted by molar-refractivity contribution is 5.91. The number of hydrogen-bond donors (Lipinski definition) is 0. The number of fused-ring (bicyclic) bond motifs is 5. The average molecular weight is 765 g/mol. The van der Waals surface area contributed by atoms with E-state index in [4.69, 9.17) is 23.7 Å². The molecule has 0 heterocycles. The first-order chi connectivity index (χ1) is 25.8. The van der Waals surface area contributed by atoms with Crippen LogP contribution in [0.2, 0.25) is 0 Å². The fraction of sp³-hybridized carbons (Fsp3) is 0.682. The number of allylic oxidation sites excluding steroid dienone is 1. The standard InChI is InChI=1S/C44H60O11/c1-26-20-27(2)41(36(21-26)54-39(49)11-9-10-38(48)53-32(24-51-28(3)45)25-52-29(4)46)42(5,6)23-40(50)55-37-15-14-34-33-13-12-30-22-31(47)16-18-43(30,7)35(33)17-19-44(34,37)8/h20-22,32-35,37H,9-19,23-25H2,1-8H3/t33-,34-,35-,37-,43-,44-/m0/s1. The Labute approximate surface area is 325 Å². The highest BCUT2D eigenvalue weighted by atomic mass is 16.6. The van der Waals surface area contributed by atoms with Crippen LogP contribution in [0.25, 0.3) is 0 Å². The lowest BCUT2D eigenvalue weighted by molar-refractivity contribution is -0.165. The summed E-state index contributed by atoms with van der Waals surface area (Å²) in [6, 6.07) is 3.80. The van der Waals surface area contributed by atoms with Crippen LogP contribution in [0.1, 0.15) is 135 Å². The third kappa shape index (κ3) is 9.69. The maximum absolute atomic E-state index is 13.8. The number of aryl methyl sites for hydroxylation is 2. The third-order valence-corrected chi connectivity index (χ3v) is 13.1. The molecule has 3 fully saturated rings. The first-order valence-electron chi connectivity index (χ1n) is 20.0. The summed E-state index contributed by atoms with van der Waals surface area (Å²) in [5.74, 6) is -0.294. The van der Waals surface area contributed by atoms with Gasteiger partial charge in [-0.15, -0.1) is 0 Å². The molecule has 0 N–H and O–H groups in total. The molecule has 4 aliphatic carbocycles. The zero-order valence-corrected chi connectivity index (χ0v) is 34.0. The van der Waals surface area contributed by atoms with Crippen LogP contribution in [0.4, 0.5) is 0 Å². The van der Waals surface area contributed by atoms with Crippen molar-refractivity contribution in [1.82, 2.24) is 0 Å². The molecule has 4 aliphatic rings. The van der Waals surface area contributed by atoms with Gasteiger partial charge in [0.25, 0.3) is 0 Å². The van der Waals surface area contributed by atoms with Crippen LogP contribution in [0.3, 0.4) is 0 Å². The molecule has 0 radical (unpaired) electrons. The fourth-order valence-corrected chi connectivity index (χ4v) is 10.6. The summed E-state index contributed by atoms with van der Waals surface area (Å²) in [5, 5.41) is 0. The van der Waals surface area contributed by atoms with E-state index in [1.54, 1.807) is 6.07 Å². The number of ketones is 1.